The molecule has 2 rings (SSSR count). The molecule has 0 atom stereocenters. The summed E-state index contributed by atoms with van der Waals surface area (Å²) in [5.74, 6) is 0.892. The van der Waals surface area contributed by atoms with E-state index in [4.69, 9.17) is 11.6 Å². The highest BCUT2D eigenvalue weighted by molar-refractivity contribution is 6.31. The summed E-state index contributed by atoms with van der Waals surface area (Å²) in [6, 6.07) is 5.56. The molecule has 1 heterocycles. The minimum Gasteiger partial charge on any atom is -0.326 e. The van der Waals surface area contributed by atoms with E-state index in [-0.39, 0.29) is 5.91 Å². The molecule has 0 saturated carbocycles. The van der Waals surface area contributed by atoms with Crippen molar-refractivity contribution in [3.63, 3.8) is 0 Å². The molecule has 0 spiro atoms. The highest BCUT2D eigenvalue weighted by atomic mass is 35.5. The molecule has 0 bridgehead atoms. The smallest absolute Gasteiger partial charge is 0.225 e. The monoisotopic (exact) mass is 294 g/mol. The Labute approximate surface area is 126 Å². The van der Waals surface area contributed by atoms with Crippen molar-refractivity contribution in [2.24, 2.45) is 5.92 Å². The number of nitrogens with zero attached hydrogens (tertiary/aromatic N) is 1. The van der Waals surface area contributed by atoms with Gasteiger partial charge in [-0.25, -0.2) is 0 Å². The molecule has 1 aromatic rings. The number of carbonyl (C=O) groups is 1. The van der Waals surface area contributed by atoms with Crippen LogP contribution in [0, 0.1) is 12.8 Å². The normalized spacial score (nSPS) is 17.1. The summed E-state index contributed by atoms with van der Waals surface area (Å²) in [4.78, 5) is 14.4. The molecule has 0 aromatic heterocycles. The van der Waals surface area contributed by atoms with Crippen molar-refractivity contribution >= 4 is 23.2 Å². The molecule has 20 heavy (non-hydrogen) atoms. The molecule has 4 heteroatoms. The maximum absolute atomic E-state index is 12.0. The third kappa shape index (κ3) is 4.50. The fourth-order valence-electron chi connectivity index (χ4n) is 2.49. The molecule has 1 amide bonds. The highest BCUT2D eigenvalue weighted by Crippen LogP contribution is 2.20. The van der Waals surface area contributed by atoms with E-state index >= 15 is 0 Å². The van der Waals surface area contributed by atoms with Gasteiger partial charge in [0.25, 0.3) is 0 Å². The lowest BCUT2D eigenvalue weighted by atomic mass is 9.99. The number of nitrogens with one attached hydrogen (secondary N) is 1. The molecule has 110 valence electrons. The number of likely N-dealkylation sites (tertiary alicyclic amines) is 1. The first-order valence-corrected chi connectivity index (χ1v) is 7.71. The molecule has 0 radical (unpaired) electrons. The van der Waals surface area contributed by atoms with Gasteiger partial charge in [-0.1, -0.05) is 24.6 Å². The van der Waals surface area contributed by atoms with Gasteiger partial charge in [0.2, 0.25) is 5.91 Å². The first-order valence-electron chi connectivity index (χ1n) is 7.33. The number of aryl methyl sites for hydroxylation is 1. The summed E-state index contributed by atoms with van der Waals surface area (Å²) >= 11 is 5.95. The lowest BCUT2D eigenvalue weighted by molar-refractivity contribution is -0.116. The van der Waals surface area contributed by atoms with Crippen molar-refractivity contribution in [1.29, 1.82) is 0 Å². The van der Waals surface area contributed by atoms with Crippen LogP contribution in [0.5, 0.6) is 0 Å². The third-order valence-corrected chi connectivity index (χ3v) is 4.24. The van der Waals surface area contributed by atoms with Crippen LogP contribution in [0.25, 0.3) is 0 Å². The molecule has 1 aliphatic rings. The fraction of sp³-hybridized carbons (Fsp3) is 0.562. The zero-order valence-electron chi connectivity index (χ0n) is 12.3. The van der Waals surface area contributed by atoms with Crippen LogP contribution in [-0.4, -0.2) is 30.4 Å². The average Bonchev–Trinajstić information content (AvgIpc) is 2.42. The second-order valence-corrected chi connectivity index (χ2v) is 6.22. The Morgan fingerprint density at radius 1 is 1.40 bits per heavy atom. The maximum atomic E-state index is 12.0. The van der Waals surface area contributed by atoms with Gasteiger partial charge in [0.1, 0.15) is 0 Å². The van der Waals surface area contributed by atoms with Crippen molar-refractivity contribution in [2.45, 2.75) is 33.1 Å². The summed E-state index contributed by atoms with van der Waals surface area (Å²) in [6.45, 7) is 7.34. The summed E-state index contributed by atoms with van der Waals surface area (Å²) in [5.41, 5.74) is 1.85. The summed E-state index contributed by atoms with van der Waals surface area (Å²) < 4.78 is 0. The molecule has 3 nitrogen and oxygen atoms in total. The predicted octanol–water partition coefficient (Wildman–Crippen LogP) is 3.71. The van der Waals surface area contributed by atoms with E-state index in [1.807, 2.05) is 19.1 Å². The van der Waals surface area contributed by atoms with E-state index in [1.54, 1.807) is 6.07 Å². The Hall–Kier alpha value is -1.06. The quantitative estimate of drug-likeness (QED) is 0.918. The fourth-order valence-corrected chi connectivity index (χ4v) is 2.66. The molecule has 1 aromatic carbocycles. The zero-order chi connectivity index (χ0) is 14.5. The standard InChI is InChI=1S/C16H23ClN2O/c1-12-5-8-19(9-6-12)10-7-16(20)18-15-11-14(17)4-3-13(15)2/h3-4,11-12H,5-10H2,1-2H3,(H,18,20). The van der Waals surface area contributed by atoms with Crippen LogP contribution in [-0.2, 0) is 4.79 Å². The minimum atomic E-state index is 0.0639. The highest BCUT2D eigenvalue weighted by Gasteiger charge is 2.16. The first kappa shape index (κ1) is 15.3. The summed E-state index contributed by atoms with van der Waals surface area (Å²) in [6.07, 6.45) is 3.03. The van der Waals surface area contributed by atoms with Gasteiger partial charge in [0, 0.05) is 23.7 Å². The van der Waals surface area contributed by atoms with Gasteiger partial charge in [0.15, 0.2) is 0 Å². The van der Waals surface area contributed by atoms with Crippen LogP contribution in [0.2, 0.25) is 5.02 Å². The third-order valence-electron chi connectivity index (χ3n) is 4.01. The van der Waals surface area contributed by atoms with Crippen molar-refractivity contribution in [3.05, 3.63) is 28.8 Å². The van der Waals surface area contributed by atoms with Crippen LogP contribution in [0.4, 0.5) is 5.69 Å². The number of halogens is 1. The number of hydrogen-bond acceptors (Lipinski definition) is 2. The van der Waals surface area contributed by atoms with Gasteiger partial charge in [-0.3, -0.25) is 4.79 Å². The Bertz CT molecular complexity index is 468. The molecule has 0 unspecified atom stereocenters. The largest absolute Gasteiger partial charge is 0.326 e. The van der Waals surface area contributed by atoms with Gasteiger partial charge in [-0.2, -0.15) is 0 Å². The summed E-state index contributed by atoms with van der Waals surface area (Å²) in [7, 11) is 0. The van der Waals surface area contributed by atoms with Crippen molar-refractivity contribution < 1.29 is 4.79 Å². The number of carbonyl (C=O) groups excluding carboxylic acids is 1. The number of anilines is 1. The lowest BCUT2D eigenvalue weighted by Crippen LogP contribution is -2.35. The van der Waals surface area contributed by atoms with Gasteiger partial charge >= 0.3 is 0 Å². The van der Waals surface area contributed by atoms with Gasteiger partial charge in [-0.05, 0) is 56.5 Å². The molecule has 1 N–H and O–H groups in total. The van der Waals surface area contributed by atoms with Gasteiger partial charge in [0.05, 0.1) is 0 Å². The predicted molar refractivity (Wildman–Crippen MR) is 84.3 cm³/mol. The number of amides is 1. The van der Waals surface area contributed by atoms with Crippen molar-refractivity contribution in [3.8, 4) is 0 Å². The number of hydrogen-bond donors (Lipinski definition) is 1. The lowest BCUT2D eigenvalue weighted by Gasteiger charge is -2.29. The molecule has 0 aliphatic carbocycles. The van der Waals surface area contributed by atoms with E-state index in [0.29, 0.717) is 11.4 Å². The molecular weight excluding hydrogens is 272 g/mol. The van der Waals surface area contributed by atoms with E-state index < -0.39 is 0 Å². The first-order chi connectivity index (χ1) is 9.54. The Kier molecular flexibility index (Phi) is 5.44. The van der Waals surface area contributed by atoms with Crippen LogP contribution in [0.15, 0.2) is 18.2 Å². The molecular formula is C16H23ClN2O. The van der Waals surface area contributed by atoms with Crippen LogP contribution in [0.3, 0.4) is 0 Å². The number of benzene rings is 1. The number of piperidine rings is 1. The van der Waals surface area contributed by atoms with Crippen LogP contribution in [0.1, 0.15) is 31.7 Å². The molecule has 1 aliphatic heterocycles. The van der Waals surface area contributed by atoms with E-state index in [2.05, 4.69) is 17.1 Å². The van der Waals surface area contributed by atoms with Crippen LogP contribution >= 0.6 is 11.6 Å². The average molecular weight is 295 g/mol. The second kappa shape index (κ2) is 7.09. The summed E-state index contributed by atoms with van der Waals surface area (Å²) in [5, 5.41) is 3.60. The van der Waals surface area contributed by atoms with E-state index in [0.717, 1.165) is 36.8 Å². The number of rotatable bonds is 4. The maximum Gasteiger partial charge on any atom is 0.225 e. The van der Waals surface area contributed by atoms with Crippen molar-refractivity contribution in [2.75, 3.05) is 25.0 Å². The Balaban J connectivity index is 1.79. The van der Waals surface area contributed by atoms with E-state index in [9.17, 15) is 4.79 Å². The minimum absolute atomic E-state index is 0.0639. The zero-order valence-corrected chi connectivity index (χ0v) is 13.0. The van der Waals surface area contributed by atoms with Gasteiger partial charge < -0.3 is 10.2 Å². The van der Waals surface area contributed by atoms with E-state index in [1.165, 1.54) is 12.8 Å². The van der Waals surface area contributed by atoms with Crippen LogP contribution < -0.4 is 5.32 Å². The molecule has 1 saturated heterocycles. The SMILES string of the molecule is Cc1ccc(Cl)cc1NC(=O)CCN1CCC(C)CC1. The van der Waals surface area contributed by atoms with Gasteiger partial charge in [-0.15, -0.1) is 0 Å². The topological polar surface area (TPSA) is 32.3 Å². The van der Waals surface area contributed by atoms with Crippen molar-refractivity contribution in [1.82, 2.24) is 4.90 Å². The Morgan fingerprint density at radius 2 is 2.10 bits per heavy atom. The Morgan fingerprint density at radius 3 is 2.80 bits per heavy atom. The molecule has 1 fully saturated rings. The second-order valence-electron chi connectivity index (χ2n) is 5.78.